The van der Waals surface area contributed by atoms with Crippen molar-refractivity contribution in [3.63, 3.8) is 0 Å². The fraction of sp³-hybridized carbons (Fsp3) is 0.786. The normalized spacial score (nSPS) is 25.1. The van der Waals surface area contributed by atoms with Crippen LogP contribution >= 0.6 is 0 Å². The average Bonchev–Trinajstić information content (AvgIpc) is 2.80. The summed E-state index contributed by atoms with van der Waals surface area (Å²) in [6, 6.07) is 0. The first-order chi connectivity index (χ1) is 15.1. The van der Waals surface area contributed by atoms with E-state index in [-0.39, 0.29) is 11.7 Å². The van der Waals surface area contributed by atoms with E-state index in [4.69, 9.17) is 13.6 Å². The molecule has 1 aliphatic rings. The maximum atomic E-state index is 6.72. The van der Waals surface area contributed by atoms with E-state index in [1.165, 1.54) is 17.6 Å². The highest BCUT2D eigenvalue weighted by Crippen LogP contribution is 2.36. The molecule has 0 N–H and O–H groups in total. The molecule has 0 bridgehead atoms. The number of rotatable bonds is 12. The second kappa shape index (κ2) is 13.6. The summed E-state index contributed by atoms with van der Waals surface area (Å²) in [7, 11) is -3.16. The summed E-state index contributed by atoms with van der Waals surface area (Å²) in [5, 5.41) is 0. The van der Waals surface area contributed by atoms with Crippen molar-refractivity contribution in [1.29, 1.82) is 0 Å². The van der Waals surface area contributed by atoms with E-state index in [9.17, 15) is 0 Å². The lowest BCUT2D eigenvalue weighted by atomic mass is 9.86. The van der Waals surface area contributed by atoms with Crippen LogP contribution in [0.15, 0.2) is 34.9 Å². The van der Waals surface area contributed by atoms with Crippen molar-refractivity contribution in [2.45, 2.75) is 124 Å². The van der Waals surface area contributed by atoms with Gasteiger partial charge in [0.2, 0.25) is 0 Å². The smallest absolute Gasteiger partial charge is 0.184 e. The van der Waals surface area contributed by atoms with Gasteiger partial charge in [0.25, 0.3) is 0 Å². The van der Waals surface area contributed by atoms with Crippen molar-refractivity contribution in [2.75, 3.05) is 13.2 Å². The molecule has 1 saturated heterocycles. The van der Waals surface area contributed by atoms with Crippen molar-refractivity contribution >= 4 is 16.6 Å². The minimum absolute atomic E-state index is 0.162. The molecule has 33 heavy (non-hydrogen) atoms. The Kier molecular flexibility index (Phi) is 12.6. The van der Waals surface area contributed by atoms with Crippen molar-refractivity contribution in [2.24, 2.45) is 5.92 Å². The molecule has 3 atom stereocenters. The summed E-state index contributed by atoms with van der Waals surface area (Å²) < 4.78 is 19.4. The molecular weight excluding hydrogens is 440 g/mol. The fourth-order valence-electron chi connectivity index (χ4n) is 4.33. The van der Waals surface area contributed by atoms with E-state index in [0.717, 1.165) is 32.1 Å². The zero-order valence-corrected chi connectivity index (χ0v) is 25.8. The van der Waals surface area contributed by atoms with Crippen LogP contribution in [0.25, 0.3) is 0 Å². The Morgan fingerprint density at radius 2 is 1.82 bits per heavy atom. The van der Waals surface area contributed by atoms with Gasteiger partial charge in [0.1, 0.15) is 0 Å². The van der Waals surface area contributed by atoms with Crippen LogP contribution in [0.3, 0.4) is 0 Å². The topological polar surface area (TPSA) is 27.7 Å². The van der Waals surface area contributed by atoms with Gasteiger partial charge in [0.05, 0.1) is 24.9 Å². The summed E-state index contributed by atoms with van der Waals surface area (Å²) >= 11 is 0. The number of allylic oxidation sites excluding steroid dienone is 4. The van der Waals surface area contributed by atoms with E-state index >= 15 is 0 Å². The van der Waals surface area contributed by atoms with Crippen LogP contribution in [0.4, 0.5) is 0 Å². The van der Waals surface area contributed by atoms with Crippen molar-refractivity contribution < 1.29 is 13.6 Å². The van der Waals surface area contributed by atoms with Crippen LogP contribution in [-0.2, 0) is 13.6 Å². The largest absolute Gasteiger partial charge is 0.414 e. The Bertz CT molecular complexity index is 678. The molecule has 1 rings (SSSR count). The summed E-state index contributed by atoms with van der Waals surface area (Å²) in [5.74, 6) is 0.602. The summed E-state index contributed by atoms with van der Waals surface area (Å²) in [6.45, 7) is 26.2. The van der Waals surface area contributed by atoms with Crippen LogP contribution in [0, 0.1) is 5.92 Å². The Balaban J connectivity index is 2.83. The Morgan fingerprint density at radius 1 is 1.15 bits per heavy atom. The summed E-state index contributed by atoms with van der Waals surface area (Å²) in [6.07, 6.45) is 13.6. The number of hydrogen-bond donors (Lipinski definition) is 0. The second-order valence-electron chi connectivity index (χ2n) is 12.3. The highest BCUT2D eigenvalue weighted by Gasteiger charge is 2.40. The van der Waals surface area contributed by atoms with Crippen molar-refractivity contribution in [3.8, 4) is 0 Å². The van der Waals surface area contributed by atoms with Gasteiger partial charge in [-0.2, -0.15) is 0 Å². The van der Waals surface area contributed by atoms with E-state index in [2.05, 4.69) is 92.1 Å². The molecule has 1 aliphatic heterocycles. The van der Waals surface area contributed by atoms with E-state index in [1.807, 2.05) is 0 Å². The van der Waals surface area contributed by atoms with Crippen LogP contribution in [0.2, 0.25) is 39.3 Å². The molecule has 3 nitrogen and oxygen atoms in total. The number of ether oxygens (including phenoxy) is 1. The highest BCUT2D eigenvalue weighted by atomic mass is 28.4. The molecule has 0 amide bonds. The van der Waals surface area contributed by atoms with Gasteiger partial charge in [-0.05, 0) is 117 Å². The third-order valence-corrected chi connectivity index (χ3v) is 8.46. The van der Waals surface area contributed by atoms with Crippen molar-refractivity contribution in [1.82, 2.24) is 0 Å². The van der Waals surface area contributed by atoms with Gasteiger partial charge in [-0.1, -0.05) is 36.3 Å². The van der Waals surface area contributed by atoms with Gasteiger partial charge < -0.3 is 13.6 Å². The minimum atomic E-state index is -1.67. The predicted octanol–water partition coefficient (Wildman–Crippen LogP) is 8.66. The Morgan fingerprint density at radius 3 is 2.36 bits per heavy atom. The fourth-order valence-corrected chi connectivity index (χ4v) is 6.13. The summed E-state index contributed by atoms with van der Waals surface area (Å²) in [4.78, 5) is 0. The molecule has 1 unspecified atom stereocenters. The van der Waals surface area contributed by atoms with Gasteiger partial charge in [0.15, 0.2) is 16.6 Å². The quantitative estimate of drug-likeness (QED) is 0.201. The molecule has 0 spiro atoms. The molecule has 0 aliphatic carbocycles. The lowest BCUT2D eigenvalue weighted by molar-refractivity contribution is -0.0974. The molecule has 0 aromatic carbocycles. The monoisotopic (exact) mass is 494 g/mol. The average molecular weight is 495 g/mol. The first-order valence-electron chi connectivity index (χ1n) is 13.1. The SMILES string of the molecule is C/C=C(/CC=C(C)C)C(C)CCC[C@]1(C)OC/C(=C/CO[Si](C)(C)C)CC[C@H]1O[Si](C)(C)C. The Hall–Kier alpha value is -0.466. The molecule has 1 fully saturated rings. The first kappa shape index (κ1) is 30.6. The zero-order chi connectivity index (χ0) is 25.3. The molecule has 5 heteroatoms. The van der Waals surface area contributed by atoms with E-state index in [0.29, 0.717) is 19.1 Å². The minimum Gasteiger partial charge on any atom is -0.414 e. The number of hydrogen-bond acceptors (Lipinski definition) is 3. The first-order valence-corrected chi connectivity index (χ1v) is 19.9. The maximum absolute atomic E-state index is 6.72. The van der Waals surface area contributed by atoms with Gasteiger partial charge in [-0.3, -0.25) is 0 Å². The molecule has 0 aromatic rings. The van der Waals surface area contributed by atoms with Gasteiger partial charge in [-0.15, -0.1) is 0 Å². The van der Waals surface area contributed by atoms with Crippen LogP contribution < -0.4 is 0 Å². The van der Waals surface area contributed by atoms with Crippen LogP contribution in [0.1, 0.15) is 73.1 Å². The van der Waals surface area contributed by atoms with Crippen LogP contribution in [-0.4, -0.2) is 41.6 Å². The van der Waals surface area contributed by atoms with E-state index in [1.54, 1.807) is 5.57 Å². The third-order valence-electron chi connectivity index (χ3n) is 6.44. The molecule has 1 heterocycles. The van der Waals surface area contributed by atoms with Crippen LogP contribution in [0.5, 0.6) is 0 Å². The molecule has 0 saturated carbocycles. The molecular formula is C28H54O3Si2. The van der Waals surface area contributed by atoms with Gasteiger partial charge >= 0.3 is 0 Å². The maximum Gasteiger partial charge on any atom is 0.184 e. The third kappa shape index (κ3) is 12.7. The molecule has 0 aromatic heterocycles. The van der Waals surface area contributed by atoms with Crippen molar-refractivity contribution in [3.05, 3.63) is 34.9 Å². The summed E-state index contributed by atoms with van der Waals surface area (Å²) in [5.41, 5.74) is 4.08. The van der Waals surface area contributed by atoms with Gasteiger partial charge in [-0.25, -0.2) is 0 Å². The van der Waals surface area contributed by atoms with Gasteiger partial charge in [0, 0.05) is 0 Å². The lowest BCUT2D eigenvalue weighted by Gasteiger charge is -2.39. The second-order valence-corrected chi connectivity index (χ2v) is 21.3. The highest BCUT2D eigenvalue weighted by molar-refractivity contribution is 6.70. The predicted molar refractivity (Wildman–Crippen MR) is 150 cm³/mol. The standard InChI is InChI=1S/C28H54O3Si2/c1-12-26(17-15-23(2)3)24(4)14-13-20-28(5)27(31-33(9,10)11)18-16-25(22-29-28)19-21-30-32(6,7)8/h12,15,19,24,27H,13-14,16-18,20-22H2,1-11H3/b25-19+,26-12-/t24?,27-,28+/m1/s1. The molecule has 0 radical (unpaired) electrons. The Labute approximate surface area is 208 Å². The lowest BCUT2D eigenvalue weighted by Crippen LogP contribution is -2.47. The van der Waals surface area contributed by atoms with E-state index < -0.39 is 16.6 Å². The molecule has 192 valence electrons. The zero-order valence-electron chi connectivity index (χ0n) is 23.8.